The van der Waals surface area contributed by atoms with Crippen molar-refractivity contribution in [3.63, 3.8) is 0 Å². The summed E-state index contributed by atoms with van der Waals surface area (Å²) < 4.78 is 0. The van der Waals surface area contributed by atoms with Crippen LogP contribution in [0.2, 0.25) is 0 Å². The van der Waals surface area contributed by atoms with Gasteiger partial charge in [-0.1, -0.05) is 37.4 Å². The molecule has 0 radical (unpaired) electrons. The molecule has 144 valence electrons. The third kappa shape index (κ3) is 6.96. The zero-order chi connectivity index (χ0) is 19.5. The molecule has 4 N–H and O–H groups in total. The van der Waals surface area contributed by atoms with Crippen molar-refractivity contribution >= 4 is 12.1 Å². The summed E-state index contributed by atoms with van der Waals surface area (Å²) >= 11 is 0. The Morgan fingerprint density at radius 3 is 2.56 bits per heavy atom. The van der Waals surface area contributed by atoms with Crippen molar-refractivity contribution in [1.29, 1.82) is 0 Å². The number of nitrogens with zero attached hydrogens (tertiary/aromatic N) is 3. The van der Waals surface area contributed by atoms with E-state index in [1.165, 1.54) is 11.1 Å². The van der Waals surface area contributed by atoms with E-state index in [1.54, 1.807) is 18.5 Å². The first-order valence-electron chi connectivity index (χ1n) is 9.47. The second-order valence-corrected chi connectivity index (χ2v) is 6.74. The van der Waals surface area contributed by atoms with E-state index in [-0.39, 0.29) is 0 Å². The minimum atomic E-state index is 0.325. The van der Waals surface area contributed by atoms with E-state index in [0.717, 1.165) is 50.1 Å². The number of aliphatic imine (C=N–C) groups is 2. The predicted molar refractivity (Wildman–Crippen MR) is 116 cm³/mol. The maximum atomic E-state index is 5.90. The van der Waals surface area contributed by atoms with Crippen molar-refractivity contribution < 1.29 is 0 Å². The lowest BCUT2D eigenvalue weighted by Crippen LogP contribution is -2.38. The fraction of sp³-hybridized carbons (Fsp3) is 0.364. The molecule has 0 saturated carbocycles. The Morgan fingerprint density at radius 1 is 1.19 bits per heavy atom. The molecule has 5 heteroatoms. The van der Waals surface area contributed by atoms with Crippen LogP contribution in [0.1, 0.15) is 24.0 Å². The van der Waals surface area contributed by atoms with Crippen LogP contribution in [0.4, 0.5) is 0 Å². The van der Waals surface area contributed by atoms with Crippen LogP contribution in [-0.2, 0) is 12.8 Å². The maximum absolute atomic E-state index is 5.90. The highest BCUT2D eigenvalue weighted by molar-refractivity contribution is 6.08. The molecule has 1 heterocycles. The number of hydrogen-bond acceptors (Lipinski definition) is 4. The first-order chi connectivity index (χ1) is 13.1. The number of hydrogen-bond donors (Lipinski definition) is 2. The zero-order valence-electron chi connectivity index (χ0n) is 16.1. The minimum Gasteiger partial charge on any atom is -0.362 e. The molecule has 5 nitrogen and oxygen atoms in total. The second kappa shape index (κ2) is 11.3. The number of nitrogens with two attached hydrogens (primary N) is 2. The molecule has 0 atom stereocenters. The number of rotatable bonds is 9. The Labute approximate surface area is 162 Å². The summed E-state index contributed by atoms with van der Waals surface area (Å²) in [5.74, 6) is 0. The monoisotopic (exact) mass is 365 g/mol. The lowest BCUT2D eigenvalue weighted by Gasteiger charge is -2.27. The van der Waals surface area contributed by atoms with Gasteiger partial charge in [-0.15, -0.1) is 0 Å². The van der Waals surface area contributed by atoms with Gasteiger partial charge in [0, 0.05) is 31.5 Å². The van der Waals surface area contributed by atoms with Crippen LogP contribution in [0, 0.1) is 0 Å². The highest BCUT2D eigenvalue weighted by atomic mass is 15.2. The molecule has 1 aromatic rings. The van der Waals surface area contributed by atoms with Crippen LogP contribution in [0.3, 0.4) is 0 Å². The van der Waals surface area contributed by atoms with Gasteiger partial charge in [0.2, 0.25) is 0 Å². The molecular weight excluding hydrogens is 334 g/mol. The highest BCUT2D eigenvalue weighted by Crippen LogP contribution is 2.15. The second-order valence-electron chi connectivity index (χ2n) is 6.74. The molecular formula is C22H31N5. The van der Waals surface area contributed by atoms with Crippen molar-refractivity contribution in [3.8, 4) is 0 Å². The first-order valence-corrected chi connectivity index (χ1v) is 9.47. The number of benzene rings is 1. The molecule has 1 fully saturated rings. The van der Waals surface area contributed by atoms with E-state index < -0.39 is 0 Å². The fourth-order valence-corrected chi connectivity index (χ4v) is 3.06. The third-order valence-electron chi connectivity index (χ3n) is 4.66. The molecule has 1 saturated heterocycles. The van der Waals surface area contributed by atoms with E-state index in [0.29, 0.717) is 12.6 Å². The van der Waals surface area contributed by atoms with Crippen LogP contribution < -0.4 is 11.5 Å². The summed E-state index contributed by atoms with van der Waals surface area (Å²) in [5, 5.41) is 0. The van der Waals surface area contributed by atoms with Crippen LogP contribution in [0.25, 0.3) is 0 Å². The van der Waals surface area contributed by atoms with Gasteiger partial charge in [0.05, 0.1) is 12.1 Å². The van der Waals surface area contributed by atoms with E-state index in [1.807, 2.05) is 18.5 Å². The normalized spacial score (nSPS) is 16.4. The van der Waals surface area contributed by atoms with Gasteiger partial charge in [-0.2, -0.15) is 0 Å². The first kappa shape index (κ1) is 20.8. The van der Waals surface area contributed by atoms with Crippen molar-refractivity contribution in [2.24, 2.45) is 21.5 Å². The van der Waals surface area contributed by atoms with Crippen LogP contribution in [0.15, 0.2) is 71.5 Å². The molecule has 27 heavy (non-hydrogen) atoms. The number of piperidine rings is 1. The van der Waals surface area contributed by atoms with E-state index >= 15 is 0 Å². The van der Waals surface area contributed by atoms with Crippen LogP contribution in [0.5, 0.6) is 0 Å². The average Bonchev–Trinajstić information content (AvgIpc) is 2.67. The standard InChI is InChI=1S/C22H31N5/c1-3-22(18(2)16-20-7-5-4-6-19(20)8-11-23)26-13-12-25-17-27-14-9-21(24)10-15-27/h3-7,12-13,17,21H,1-2,8-11,14-16,23-24H2/b13-12-,25-17+,26-22+. The van der Waals surface area contributed by atoms with E-state index in [4.69, 9.17) is 11.5 Å². The Kier molecular flexibility index (Phi) is 8.68. The van der Waals surface area contributed by atoms with Crippen molar-refractivity contribution in [1.82, 2.24) is 4.90 Å². The quantitative estimate of drug-likeness (QED) is 0.522. The molecule has 0 aromatic heterocycles. The molecule has 0 bridgehead atoms. The Morgan fingerprint density at radius 2 is 1.89 bits per heavy atom. The van der Waals surface area contributed by atoms with Gasteiger partial charge in [0.15, 0.2) is 0 Å². The molecule has 1 aromatic carbocycles. The SMILES string of the molecule is C=C\C(=N/C=C\N=C\N1CCC(N)CC1)C(=C)Cc1ccccc1CCN. The smallest absolute Gasteiger partial charge is 0.0905 e. The van der Waals surface area contributed by atoms with Crippen molar-refractivity contribution in [3.05, 3.63) is 72.6 Å². The summed E-state index contributed by atoms with van der Waals surface area (Å²) in [6.45, 7) is 10.6. The van der Waals surface area contributed by atoms with Gasteiger partial charge in [0.25, 0.3) is 0 Å². The minimum absolute atomic E-state index is 0.325. The molecule has 1 aliphatic heterocycles. The van der Waals surface area contributed by atoms with Crippen LogP contribution in [-0.4, -0.2) is 42.6 Å². The number of allylic oxidation sites excluding steroid dienone is 2. The lowest BCUT2D eigenvalue weighted by molar-refractivity contribution is 0.321. The zero-order valence-corrected chi connectivity index (χ0v) is 16.1. The molecule has 1 aliphatic rings. The summed E-state index contributed by atoms with van der Waals surface area (Å²) in [5.41, 5.74) is 15.8. The van der Waals surface area contributed by atoms with Gasteiger partial charge >= 0.3 is 0 Å². The van der Waals surface area contributed by atoms with Gasteiger partial charge in [-0.3, -0.25) is 4.99 Å². The predicted octanol–water partition coefficient (Wildman–Crippen LogP) is 2.84. The topological polar surface area (TPSA) is 80.0 Å². The summed E-state index contributed by atoms with van der Waals surface area (Å²) in [6.07, 6.45) is 10.6. The molecule has 0 amide bonds. The lowest BCUT2D eigenvalue weighted by atomic mass is 9.96. The van der Waals surface area contributed by atoms with Crippen LogP contribution >= 0.6 is 0 Å². The highest BCUT2D eigenvalue weighted by Gasteiger charge is 2.12. The largest absolute Gasteiger partial charge is 0.362 e. The Hall–Kier alpha value is -2.50. The van der Waals surface area contributed by atoms with Gasteiger partial charge in [-0.05, 0) is 55.0 Å². The van der Waals surface area contributed by atoms with Gasteiger partial charge in [0.1, 0.15) is 0 Å². The van der Waals surface area contributed by atoms with Crippen molar-refractivity contribution in [2.75, 3.05) is 19.6 Å². The Balaban J connectivity index is 1.93. The summed E-state index contributed by atoms with van der Waals surface area (Å²) in [7, 11) is 0. The average molecular weight is 366 g/mol. The summed E-state index contributed by atoms with van der Waals surface area (Å²) in [4.78, 5) is 10.9. The fourth-order valence-electron chi connectivity index (χ4n) is 3.06. The van der Waals surface area contributed by atoms with E-state index in [9.17, 15) is 0 Å². The van der Waals surface area contributed by atoms with E-state index in [2.05, 4.69) is 40.2 Å². The van der Waals surface area contributed by atoms with Gasteiger partial charge < -0.3 is 16.4 Å². The number of likely N-dealkylation sites (tertiary alicyclic amines) is 1. The summed E-state index contributed by atoms with van der Waals surface area (Å²) in [6, 6.07) is 8.63. The van der Waals surface area contributed by atoms with Crippen molar-refractivity contribution in [2.45, 2.75) is 31.7 Å². The molecule has 0 spiro atoms. The molecule has 0 unspecified atom stereocenters. The Bertz CT molecular complexity index is 709. The molecule has 2 rings (SSSR count). The van der Waals surface area contributed by atoms with Gasteiger partial charge in [-0.25, -0.2) is 4.99 Å². The molecule has 0 aliphatic carbocycles. The maximum Gasteiger partial charge on any atom is 0.0905 e. The third-order valence-corrected chi connectivity index (χ3v) is 4.66.